The number of nitrogens with zero attached hydrogens (tertiary/aromatic N) is 5. The summed E-state index contributed by atoms with van der Waals surface area (Å²) < 4.78 is 4.15. The topological polar surface area (TPSA) is 59.1 Å². The van der Waals surface area contributed by atoms with Crippen LogP contribution in [0.1, 0.15) is 47.7 Å². The molecule has 2 aromatic heterocycles. The van der Waals surface area contributed by atoms with Crippen LogP contribution >= 0.6 is 0 Å². The van der Waals surface area contributed by atoms with Crippen LogP contribution in [0.4, 0.5) is 0 Å². The zero-order valence-electron chi connectivity index (χ0n) is 16.8. The van der Waals surface area contributed by atoms with Gasteiger partial charge in [0.05, 0.1) is 24.1 Å². The lowest BCUT2D eigenvalue weighted by molar-refractivity contribution is 0.171. The maximum Gasteiger partial charge on any atom is 0.102 e. The minimum Gasteiger partial charge on any atom is -0.386 e. The van der Waals surface area contributed by atoms with E-state index >= 15 is 0 Å². The second-order valence-electron chi connectivity index (χ2n) is 7.68. The lowest BCUT2D eigenvalue weighted by atomic mass is 10.1. The summed E-state index contributed by atoms with van der Waals surface area (Å²) in [5, 5.41) is 19.8. The van der Waals surface area contributed by atoms with E-state index < -0.39 is 6.10 Å². The second-order valence-corrected chi connectivity index (χ2v) is 7.68. The summed E-state index contributed by atoms with van der Waals surface area (Å²) in [5.41, 5.74) is 5.63. The number of aryl methyl sites for hydroxylation is 1. The van der Waals surface area contributed by atoms with Gasteiger partial charge in [0.15, 0.2) is 0 Å². The third-order valence-electron chi connectivity index (χ3n) is 5.54. The standard InChI is InChI=1S/C22H29N5O/c1-3-9-26-17(2)19(14-23-26)15-25-10-11-27-20(16-25)13-21(24-27)22(28)12-18-7-5-4-6-8-18/h4-8,13-14,22,28H,3,9-12,15-16H2,1-2H3/t22-/m0/s1. The van der Waals surface area contributed by atoms with Crippen LogP contribution in [0.5, 0.6) is 0 Å². The predicted octanol–water partition coefficient (Wildman–Crippen LogP) is 3.09. The number of rotatable bonds is 7. The lowest BCUT2D eigenvalue weighted by Gasteiger charge is -2.27. The molecule has 1 N–H and O–H groups in total. The predicted molar refractivity (Wildman–Crippen MR) is 109 cm³/mol. The van der Waals surface area contributed by atoms with Crippen LogP contribution in [0.25, 0.3) is 0 Å². The molecule has 6 nitrogen and oxygen atoms in total. The van der Waals surface area contributed by atoms with E-state index in [-0.39, 0.29) is 0 Å². The first-order valence-electron chi connectivity index (χ1n) is 10.2. The molecule has 0 saturated carbocycles. The Morgan fingerprint density at radius 1 is 1.18 bits per heavy atom. The third-order valence-corrected chi connectivity index (χ3v) is 5.54. The third kappa shape index (κ3) is 4.03. The number of benzene rings is 1. The molecule has 148 valence electrons. The minimum atomic E-state index is -0.566. The summed E-state index contributed by atoms with van der Waals surface area (Å²) in [7, 11) is 0. The molecule has 1 aliphatic rings. The fraction of sp³-hybridized carbons (Fsp3) is 0.455. The van der Waals surface area contributed by atoms with Crippen molar-refractivity contribution < 1.29 is 5.11 Å². The van der Waals surface area contributed by atoms with E-state index in [2.05, 4.69) is 39.7 Å². The van der Waals surface area contributed by atoms with Gasteiger partial charge in [-0.3, -0.25) is 14.3 Å². The summed E-state index contributed by atoms with van der Waals surface area (Å²) in [6, 6.07) is 12.1. The summed E-state index contributed by atoms with van der Waals surface area (Å²) >= 11 is 0. The fourth-order valence-electron chi connectivity index (χ4n) is 3.90. The van der Waals surface area contributed by atoms with Gasteiger partial charge in [-0.2, -0.15) is 10.2 Å². The van der Waals surface area contributed by atoms with E-state index in [0.717, 1.165) is 50.4 Å². The van der Waals surface area contributed by atoms with Gasteiger partial charge in [0.25, 0.3) is 0 Å². The monoisotopic (exact) mass is 379 g/mol. The zero-order chi connectivity index (χ0) is 19.5. The van der Waals surface area contributed by atoms with E-state index in [9.17, 15) is 5.11 Å². The van der Waals surface area contributed by atoms with Crippen LogP contribution in [-0.4, -0.2) is 36.1 Å². The average Bonchev–Trinajstić information content (AvgIpc) is 3.27. The summed E-state index contributed by atoms with van der Waals surface area (Å²) in [6.45, 7) is 8.88. The van der Waals surface area contributed by atoms with E-state index in [1.165, 1.54) is 17.0 Å². The van der Waals surface area contributed by atoms with Crippen LogP contribution < -0.4 is 0 Å². The number of aliphatic hydroxyl groups is 1. The number of hydrogen-bond donors (Lipinski definition) is 1. The Bertz CT molecular complexity index is 914. The van der Waals surface area contributed by atoms with E-state index in [1.54, 1.807) is 0 Å². The zero-order valence-corrected chi connectivity index (χ0v) is 16.8. The maximum absolute atomic E-state index is 10.6. The Hall–Kier alpha value is -2.44. The van der Waals surface area contributed by atoms with Crippen molar-refractivity contribution >= 4 is 0 Å². The molecule has 0 radical (unpaired) electrons. The number of hydrogen-bond acceptors (Lipinski definition) is 4. The summed E-state index contributed by atoms with van der Waals surface area (Å²) in [4.78, 5) is 2.44. The van der Waals surface area contributed by atoms with Crippen LogP contribution in [0.2, 0.25) is 0 Å². The Kier molecular flexibility index (Phi) is 5.59. The minimum absolute atomic E-state index is 0.566. The molecule has 4 rings (SSSR count). The van der Waals surface area contributed by atoms with E-state index in [4.69, 9.17) is 0 Å². The molecule has 1 aliphatic heterocycles. The van der Waals surface area contributed by atoms with Gasteiger partial charge >= 0.3 is 0 Å². The van der Waals surface area contributed by atoms with Crippen molar-refractivity contribution in [3.8, 4) is 0 Å². The van der Waals surface area contributed by atoms with Gasteiger partial charge in [-0.25, -0.2) is 0 Å². The molecular formula is C22H29N5O. The van der Waals surface area contributed by atoms with Crippen molar-refractivity contribution in [2.45, 2.75) is 59.0 Å². The molecule has 0 aliphatic carbocycles. The second kappa shape index (κ2) is 8.29. The van der Waals surface area contributed by atoms with Crippen LogP contribution in [-0.2, 0) is 32.6 Å². The van der Waals surface area contributed by atoms with Crippen molar-refractivity contribution in [3.63, 3.8) is 0 Å². The molecule has 1 aromatic carbocycles. The van der Waals surface area contributed by atoms with Crippen molar-refractivity contribution in [1.82, 2.24) is 24.5 Å². The van der Waals surface area contributed by atoms with Crippen LogP contribution in [0.15, 0.2) is 42.6 Å². The van der Waals surface area contributed by atoms with Gasteiger partial charge in [0.2, 0.25) is 0 Å². The smallest absolute Gasteiger partial charge is 0.102 e. The van der Waals surface area contributed by atoms with Crippen molar-refractivity contribution in [2.75, 3.05) is 6.54 Å². The molecular weight excluding hydrogens is 350 g/mol. The van der Waals surface area contributed by atoms with Crippen molar-refractivity contribution in [2.24, 2.45) is 0 Å². The number of aliphatic hydroxyl groups excluding tert-OH is 1. The molecule has 28 heavy (non-hydrogen) atoms. The van der Waals surface area contributed by atoms with Crippen LogP contribution in [0.3, 0.4) is 0 Å². The highest BCUT2D eigenvalue weighted by molar-refractivity contribution is 5.21. The molecule has 0 spiro atoms. The summed E-state index contributed by atoms with van der Waals surface area (Å²) in [6.07, 6.45) is 3.13. The first-order chi connectivity index (χ1) is 13.6. The Labute approximate surface area is 166 Å². The van der Waals surface area contributed by atoms with Gasteiger partial charge in [-0.15, -0.1) is 0 Å². The molecule has 3 aromatic rings. The highest BCUT2D eigenvalue weighted by Crippen LogP contribution is 2.22. The molecule has 0 saturated heterocycles. The van der Waals surface area contributed by atoms with Gasteiger partial charge in [-0.05, 0) is 25.0 Å². The first-order valence-corrected chi connectivity index (χ1v) is 10.2. The highest BCUT2D eigenvalue weighted by Gasteiger charge is 2.22. The SMILES string of the molecule is CCCn1ncc(CN2CCn3nc([C@@H](O)Cc4ccccc4)cc3C2)c1C. The quantitative estimate of drug-likeness (QED) is 0.685. The number of aromatic nitrogens is 4. The van der Waals surface area contributed by atoms with Gasteiger partial charge in [-0.1, -0.05) is 37.3 Å². The van der Waals surface area contributed by atoms with Gasteiger partial charge < -0.3 is 5.11 Å². The average molecular weight is 380 g/mol. The summed E-state index contributed by atoms with van der Waals surface area (Å²) in [5.74, 6) is 0. The normalized spacial score (nSPS) is 15.5. The molecule has 6 heteroatoms. The van der Waals surface area contributed by atoms with Crippen LogP contribution in [0, 0.1) is 6.92 Å². The first kappa shape index (κ1) is 18.9. The Morgan fingerprint density at radius 2 is 2.00 bits per heavy atom. The molecule has 1 atom stereocenters. The van der Waals surface area contributed by atoms with Crippen molar-refractivity contribution in [1.29, 1.82) is 0 Å². The van der Waals surface area contributed by atoms with Gasteiger partial charge in [0, 0.05) is 43.9 Å². The fourth-order valence-corrected chi connectivity index (χ4v) is 3.90. The van der Waals surface area contributed by atoms with Crippen molar-refractivity contribution in [3.05, 3.63) is 70.8 Å². The molecule has 3 heterocycles. The number of fused-ring (bicyclic) bond motifs is 1. The maximum atomic E-state index is 10.6. The van der Waals surface area contributed by atoms with Gasteiger partial charge in [0.1, 0.15) is 6.10 Å². The highest BCUT2D eigenvalue weighted by atomic mass is 16.3. The largest absolute Gasteiger partial charge is 0.386 e. The molecule has 0 bridgehead atoms. The molecule has 0 amide bonds. The molecule has 0 fully saturated rings. The van der Waals surface area contributed by atoms with E-state index in [0.29, 0.717) is 6.42 Å². The lowest BCUT2D eigenvalue weighted by Crippen LogP contribution is -2.33. The Morgan fingerprint density at radius 3 is 2.79 bits per heavy atom. The molecule has 0 unspecified atom stereocenters. The Balaban J connectivity index is 1.42. The van der Waals surface area contributed by atoms with E-state index in [1.807, 2.05) is 41.2 Å².